The van der Waals surface area contributed by atoms with E-state index < -0.39 is 24.5 Å². The van der Waals surface area contributed by atoms with Crippen LogP contribution in [0.1, 0.15) is 11.3 Å². The Morgan fingerprint density at radius 1 is 1.35 bits per heavy atom. The molecule has 0 radical (unpaired) electrons. The molecule has 20 heavy (non-hydrogen) atoms. The molecule has 0 saturated heterocycles. The third-order valence-electron chi connectivity index (χ3n) is 2.25. The number of aromatic nitrogens is 1. The van der Waals surface area contributed by atoms with Gasteiger partial charge in [0.15, 0.2) is 11.5 Å². The van der Waals surface area contributed by atoms with Gasteiger partial charge in [-0.05, 0) is 0 Å². The lowest BCUT2D eigenvalue weighted by Gasteiger charge is -2.17. The molecule has 0 bridgehead atoms. The molecule has 112 valence electrons. The van der Waals surface area contributed by atoms with E-state index in [4.69, 9.17) is 4.74 Å². The van der Waals surface area contributed by atoms with Crippen LogP contribution in [0.25, 0.3) is 0 Å². The number of halogens is 4. The Bertz CT molecular complexity index is 493. The number of rotatable bonds is 5. The number of alkyl halides is 4. The maximum Gasteiger partial charge on any atom is 0.573 e. The van der Waals surface area contributed by atoms with E-state index in [1.54, 1.807) is 0 Å². The molecule has 0 saturated carbocycles. The summed E-state index contributed by atoms with van der Waals surface area (Å²) in [5.74, 6) is -1.48. The molecule has 1 heterocycles. The fourth-order valence-electron chi connectivity index (χ4n) is 1.44. The Hall–Kier alpha value is -1.51. The predicted molar refractivity (Wildman–Crippen MR) is 65.8 cm³/mol. The molecule has 0 N–H and O–H groups in total. The van der Waals surface area contributed by atoms with Gasteiger partial charge in [-0.2, -0.15) is 0 Å². The summed E-state index contributed by atoms with van der Waals surface area (Å²) in [4.78, 5) is 15.1. The van der Waals surface area contributed by atoms with Gasteiger partial charge in [-0.15, -0.1) is 13.2 Å². The van der Waals surface area contributed by atoms with Crippen molar-refractivity contribution in [1.82, 2.24) is 4.98 Å². The second-order valence-electron chi connectivity index (χ2n) is 3.53. The Labute approximate surface area is 121 Å². The zero-order chi connectivity index (χ0) is 15.3. The largest absolute Gasteiger partial charge is 0.573 e. The van der Waals surface area contributed by atoms with Crippen LogP contribution in [0.15, 0.2) is 6.20 Å². The summed E-state index contributed by atoms with van der Waals surface area (Å²) in [5, 5.41) is 0.170. The second kappa shape index (κ2) is 6.78. The highest BCUT2D eigenvalue weighted by molar-refractivity contribution is 9.08. The second-order valence-corrected chi connectivity index (χ2v) is 4.09. The standard InChI is InChI=1S/C11H11BrF3NO4/c1-18-8(17)3-6-5-16-7(4-12)10(19-2)9(6)20-11(13,14)15/h5H,3-4H2,1-2H3. The molecule has 1 aromatic heterocycles. The van der Waals surface area contributed by atoms with E-state index in [0.29, 0.717) is 0 Å². The maximum absolute atomic E-state index is 12.5. The van der Waals surface area contributed by atoms with Crippen LogP contribution in [-0.4, -0.2) is 31.5 Å². The molecular formula is C11H11BrF3NO4. The fourth-order valence-corrected chi connectivity index (χ4v) is 1.84. The van der Waals surface area contributed by atoms with Gasteiger partial charge in [0, 0.05) is 17.1 Å². The number of nitrogens with zero attached hydrogens (tertiary/aromatic N) is 1. The SMILES string of the molecule is COC(=O)Cc1cnc(CBr)c(OC)c1OC(F)(F)F. The molecule has 0 aliphatic carbocycles. The van der Waals surface area contributed by atoms with Gasteiger partial charge < -0.3 is 14.2 Å². The first-order chi connectivity index (χ1) is 9.32. The number of hydrogen-bond donors (Lipinski definition) is 0. The van der Waals surface area contributed by atoms with E-state index in [1.165, 1.54) is 7.11 Å². The first-order valence-corrected chi connectivity index (χ1v) is 6.37. The lowest BCUT2D eigenvalue weighted by Crippen LogP contribution is -2.20. The zero-order valence-electron chi connectivity index (χ0n) is 10.6. The third-order valence-corrected chi connectivity index (χ3v) is 2.78. The topological polar surface area (TPSA) is 57.7 Å². The first-order valence-electron chi connectivity index (χ1n) is 5.25. The lowest BCUT2D eigenvalue weighted by molar-refractivity contribution is -0.275. The molecule has 1 rings (SSSR count). The zero-order valence-corrected chi connectivity index (χ0v) is 12.2. The van der Waals surface area contributed by atoms with Crippen molar-refractivity contribution in [2.45, 2.75) is 18.1 Å². The summed E-state index contributed by atoms with van der Waals surface area (Å²) in [6.07, 6.45) is -4.20. The van der Waals surface area contributed by atoms with Crippen molar-refractivity contribution < 1.29 is 32.2 Å². The molecule has 5 nitrogen and oxygen atoms in total. The Morgan fingerprint density at radius 3 is 2.45 bits per heavy atom. The summed E-state index contributed by atoms with van der Waals surface area (Å²) >= 11 is 3.08. The van der Waals surface area contributed by atoms with Crippen molar-refractivity contribution >= 4 is 21.9 Å². The summed E-state index contributed by atoms with van der Waals surface area (Å²) < 4.78 is 50.7. The van der Waals surface area contributed by atoms with Crippen LogP contribution in [0.3, 0.4) is 0 Å². The molecule has 9 heteroatoms. The molecule has 1 aromatic rings. The number of ether oxygens (including phenoxy) is 3. The van der Waals surface area contributed by atoms with E-state index in [1.807, 2.05) is 0 Å². The van der Waals surface area contributed by atoms with Gasteiger partial charge in [-0.25, -0.2) is 0 Å². The Morgan fingerprint density at radius 2 is 2.00 bits per heavy atom. The quantitative estimate of drug-likeness (QED) is 0.598. The molecule has 0 aliphatic rings. The van der Waals surface area contributed by atoms with Crippen LogP contribution < -0.4 is 9.47 Å². The average Bonchev–Trinajstić information content (AvgIpc) is 2.38. The molecule has 0 amide bonds. The summed E-state index contributed by atoms with van der Waals surface area (Å²) in [6.45, 7) is 0. The van der Waals surface area contributed by atoms with E-state index in [0.717, 1.165) is 13.3 Å². The highest BCUT2D eigenvalue weighted by atomic mass is 79.9. The monoisotopic (exact) mass is 357 g/mol. The van der Waals surface area contributed by atoms with Gasteiger partial charge in [0.25, 0.3) is 0 Å². The van der Waals surface area contributed by atoms with Gasteiger partial charge >= 0.3 is 12.3 Å². The van der Waals surface area contributed by atoms with Crippen LogP contribution in [0.5, 0.6) is 11.5 Å². The highest BCUT2D eigenvalue weighted by Gasteiger charge is 2.35. The normalized spacial score (nSPS) is 11.1. The fraction of sp³-hybridized carbons (Fsp3) is 0.455. The first kappa shape index (κ1) is 16.5. The van der Waals surface area contributed by atoms with E-state index in [9.17, 15) is 18.0 Å². The predicted octanol–water partition coefficient (Wildman–Crippen LogP) is 2.60. The van der Waals surface area contributed by atoms with Gasteiger partial charge in [0.2, 0.25) is 0 Å². The summed E-state index contributed by atoms with van der Waals surface area (Å²) in [6, 6.07) is 0. The van der Waals surface area contributed by atoms with Gasteiger partial charge in [-0.1, -0.05) is 15.9 Å². The number of carbonyl (C=O) groups is 1. The van der Waals surface area contributed by atoms with Crippen LogP contribution in [0, 0.1) is 0 Å². The van der Waals surface area contributed by atoms with E-state index in [2.05, 4.69) is 30.4 Å². The number of esters is 1. The number of pyridine rings is 1. The third kappa shape index (κ3) is 4.26. The van der Waals surface area contributed by atoms with Gasteiger partial charge in [0.05, 0.1) is 26.3 Å². The van der Waals surface area contributed by atoms with Crippen LogP contribution in [0.2, 0.25) is 0 Å². The molecular weight excluding hydrogens is 347 g/mol. The van der Waals surface area contributed by atoms with Crippen molar-refractivity contribution in [3.63, 3.8) is 0 Å². The maximum atomic E-state index is 12.5. The van der Waals surface area contributed by atoms with E-state index >= 15 is 0 Å². The van der Waals surface area contributed by atoms with Crippen LogP contribution in [0.4, 0.5) is 13.2 Å². The van der Waals surface area contributed by atoms with Crippen molar-refractivity contribution in [1.29, 1.82) is 0 Å². The van der Waals surface area contributed by atoms with Crippen LogP contribution in [-0.2, 0) is 21.3 Å². The van der Waals surface area contributed by atoms with Crippen molar-refractivity contribution in [3.8, 4) is 11.5 Å². The molecule has 0 unspecified atom stereocenters. The summed E-state index contributed by atoms with van der Waals surface area (Å²) in [5.41, 5.74) is 0.149. The van der Waals surface area contributed by atoms with Crippen molar-refractivity contribution in [2.75, 3.05) is 14.2 Å². The molecule has 0 aromatic carbocycles. The van der Waals surface area contributed by atoms with Crippen molar-refractivity contribution in [2.24, 2.45) is 0 Å². The minimum absolute atomic E-state index is 0.0734. The van der Waals surface area contributed by atoms with Gasteiger partial charge in [-0.3, -0.25) is 9.78 Å². The van der Waals surface area contributed by atoms with Crippen molar-refractivity contribution in [3.05, 3.63) is 17.5 Å². The van der Waals surface area contributed by atoms with E-state index in [-0.39, 0.29) is 22.3 Å². The lowest BCUT2D eigenvalue weighted by atomic mass is 10.1. The molecule has 0 fully saturated rings. The molecule has 0 spiro atoms. The molecule has 0 atom stereocenters. The number of methoxy groups -OCH3 is 2. The van der Waals surface area contributed by atoms with Gasteiger partial charge in [0.1, 0.15) is 0 Å². The minimum Gasteiger partial charge on any atom is -0.491 e. The van der Waals surface area contributed by atoms with Crippen LogP contribution >= 0.6 is 15.9 Å². The number of hydrogen-bond acceptors (Lipinski definition) is 5. The highest BCUT2D eigenvalue weighted by Crippen LogP contribution is 2.38. The summed E-state index contributed by atoms with van der Waals surface area (Å²) in [7, 11) is 2.32. The Kier molecular flexibility index (Phi) is 5.61. The number of carbonyl (C=O) groups excluding carboxylic acids is 1. The smallest absolute Gasteiger partial charge is 0.491 e. The minimum atomic E-state index is -4.91. The Balaban J connectivity index is 3.31. The molecule has 0 aliphatic heterocycles. The average molecular weight is 358 g/mol.